The molecule has 3 aromatic carbocycles. The van der Waals surface area contributed by atoms with Crippen molar-refractivity contribution in [2.24, 2.45) is 5.92 Å². The highest BCUT2D eigenvalue weighted by Gasteiger charge is 2.33. The number of sulfonamides is 1. The number of nitrogens with one attached hydrogen (secondary N) is 1. The minimum atomic E-state index is -3.69. The Morgan fingerprint density at radius 1 is 1.00 bits per heavy atom. The third-order valence-electron chi connectivity index (χ3n) is 6.89. The first-order valence-corrected chi connectivity index (χ1v) is 14.4. The Balaban J connectivity index is 1.34. The Bertz CT molecular complexity index is 1550. The molecule has 0 radical (unpaired) electrons. The van der Waals surface area contributed by atoms with Crippen molar-refractivity contribution in [1.29, 1.82) is 0 Å². The molecule has 0 bridgehead atoms. The van der Waals surface area contributed by atoms with Crippen LogP contribution in [0.4, 0.5) is 5.69 Å². The van der Waals surface area contributed by atoms with E-state index >= 15 is 0 Å². The molecule has 1 N–H and O–H groups in total. The van der Waals surface area contributed by atoms with E-state index in [4.69, 9.17) is 23.2 Å². The molecule has 9 heteroatoms. The zero-order chi connectivity index (χ0) is 25.4. The van der Waals surface area contributed by atoms with Gasteiger partial charge in [0.15, 0.2) is 0 Å². The molecule has 1 fully saturated rings. The predicted octanol–water partition coefficient (Wildman–Crippen LogP) is 6.30. The molecule has 2 heterocycles. The molecule has 188 valence electrons. The molecule has 1 atom stereocenters. The highest BCUT2D eigenvalue weighted by atomic mass is 35.5. The summed E-state index contributed by atoms with van der Waals surface area (Å²) in [5.74, 6) is -0.912. The van der Waals surface area contributed by atoms with E-state index in [1.807, 2.05) is 30.3 Å². The molecule has 5 rings (SSSR count). The second kappa shape index (κ2) is 10.1. The molecule has 1 aliphatic heterocycles. The summed E-state index contributed by atoms with van der Waals surface area (Å²) >= 11 is 12.4. The van der Waals surface area contributed by atoms with E-state index in [2.05, 4.69) is 28.9 Å². The number of fused-ring (bicyclic) bond motifs is 3. The molecule has 4 aromatic rings. The van der Waals surface area contributed by atoms with Crippen molar-refractivity contribution in [3.63, 3.8) is 0 Å². The SMILES string of the molecule is CCn1c2ccccc2c2cc(NC(=O)[C@H]3CCCN(S(=O)(=O)Cc4c(Cl)cccc4Cl)C3)ccc21. The van der Waals surface area contributed by atoms with Crippen LogP contribution in [-0.4, -0.2) is 36.3 Å². The van der Waals surface area contributed by atoms with Gasteiger partial charge in [-0.3, -0.25) is 4.79 Å². The number of piperidine rings is 1. The third kappa shape index (κ3) is 4.73. The van der Waals surface area contributed by atoms with Crippen LogP contribution in [0.25, 0.3) is 21.8 Å². The van der Waals surface area contributed by atoms with Gasteiger partial charge in [-0.15, -0.1) is 0 Å². The van der Waals surface area contributed by atoms with Gasteiger partial charge in [0, 0.05) is 62.7 Å². The van der Waals surface area contributed by atoms with Crippen molar-refractivity contribution in [2.45, 2.75) is 32.1 Å². The topological polar surface area (TPSA) is 71.4 Å². The maximum Gasteiger partial charge on any atom is 0.228 e. The summed E-state index contributed by atoms with van der Waals surface area (Å²) in [6, 6.07) is 19.1. The standard InChI is InChI=1S/C27H27Cl2N3O3S/c1-2-32-25-11-4-3-8-20(25)21-15-19(12-13-26(21)32)30-27(33)18-7-6-14-31(16-18)36(34,35)17-22-23(28)9-5-10-24(22)29/h3-5,8-13,15,18H,2,6-7,14,16-17H2,1H3,(H,30,33)/t18-/m0/s1. The normalized spacial score (nSPS) is 17.0. The fraction of sp³-hybridized carbons (Fsp3) is 0.296. The first kappa shape index (κ1) is 25.1. The van der Waals surface area contributed by atoms with E-state index < -0.39 is 15.9 Å². The number of carbonyl (C=O) groups excluding carboxylic acids is 1. The summed E-state index contributed by atoms with van der Waals surface area (Å²) in [7, 11) is -3.69. The monoisotopic (exact) mass is 543 g/mol. The summed E-state index contributed by atoms with van der Waals surface area (Å²) in [4.78, 5) is 13.2. The minimum absolute atomic E-state index is 0.133. The van der Waals surface area contributed by atoms with Gasteiger partial charge in [0.2, 0.25) is 15.9 Å². The smallest absolute Gasteiger partial charge is 0.228 e. The van der Waals surface area contributed by atoms with Crippen LogP contribution in [0, 0.1) is 5.92 Å². The van der Waals surface area contributed by atoms with Crippen molar-refractivity contribution in [1.82, 2.24) is 8.87 Å². The van der Waals surface area contributed by atoms with Crippen LogP contribution in [0.5, 0.6) is 0 Å². The molecule has 0 spiro atoms. The van der Waals surface area contributed by atoms with Gasteiger partial charge < -0.3 is 9.88 Å². The maximum absolute atomic E-state index is 13.2. The fourth-order valence-electron chi connectivity index (χ4n) is 5.07. The zero-order valence-corrected chi connectivity index (χ0v) is 22.2. The predicted molar refractivity (Wildman–Crippen MR) is 147 cm³/mol. The van der Waals surface area contributed by atoms with Crippen LogP contribution >= 0.6 is 23.2 Å². The van der Waals surface area contributed by atoms with Gasteiger partial charge >= 0.3 is 0 Å². The third-order valence-corrected chi connectivity index (χ3v) is 9.37. The van der Waals surface area contributed by atoms with Crippen molar-refractivity contribution >= 4 is 66.6 Å². The van der Waals surface area contributed by atoms with Gasteiger partial charge in [-0.05, 0) is 56.2 Å². The summed E-state index contributed by atoms with van der Waals surface area (Å²) in [5.41, 5.74) is 3.36. The fourth-order valence-corrected chi connectivity index (χ4v) is 7.43. The van der Waals surface area contributed by atoms with Gasteiger partial charge in [-0.1, -0.05) is 47.5 Å². The van der Waals surface area contributed by atoms with Crippen LogP contribution in [0.15, 0.2) is 60.7 Å². The molecule has 36 heavy (non-hydrogen) atoms. The van der Waals surface area contributed by atoms with E-state index in [-0.39, 0.29) is 18.2 Å². The number of rotatable bonds is 6. The maximum atomic E-state index is 13.2. The lowest BCUT2D eigenvalue weighted by molar-refractivity contribution is -0.120. The van der Waals surface area contributed by atoms with Crippen molar-refractivity contribution in [3.8, 4) is 0 Å². The van der Waals surface area contributed by atoms with Gasteiger partial charge in [0.1, 0.15) is 0 Å². The van der Waals surface area contributed by atoms with Crippen LogP contribution in [0.3, 0.4) is 0 Å². The van der Waals surface area contributed by atoms with E-state index in [1.165, 1.54) is 4.31 Å². The number of hydrogen-bond acceptors (Lipinski definition) is 3. The zero-order valence-electron chi connectivity index (χ0n) is 19.9. The van der Waals surface area contributed by atoms with E-state index in [0.717, 1.165) is 28.4 Å². The summed E-state index contributed by atoms with van der Waals surface area (Å²) < 4.78 is 30.0. The number of nitrogens with zero attached hydrogens (tertiary/aromatic N) is 2. The summed E-state index contributed by atoms with van der Waals surface area (Å²) in [6.45, 7) is 3.47. The molecule has 0 saturated carbocycles. The molecule has 1 aliphatic rings. The average Bonchev–Trinajstić information content (AvgIpc) is 3.19. The number of anilines is 1. The highest BCUT2D eigenvalue weighted by Crippen LogP contribution is 2.32. The number of halogens is 2. The second-order valence-electron chi connectivity index (χ2n) is 9.14. The number of benzene rings is 3. The first-order valence-electron chi connectivity index (χ1n) is 12.0. The minimum Gasteiger partial charge on any atom is -0.341 e. The van der Waals surface area contributed by atoms with Crippen molar-refractivity contribution in [3.05, 3.63) is 76.3 Å². The van der Waals surface area contributed by atoms with Crippen molar-refractivity contribution < 1.29 is 13.2 Å². The lowest BCUT2D eigenvalue weighted by Crippen LogP contribution is -2.44. The van der Waals surface area contributed by atoms with Crippen LogP contribution in [0.1, 0.15) is 25.3 Å². The Hall–Kier alpha value is -2.58. The molecule has 1 aromatic heterocycles. The summed E-state index contributed by atoms with van der Waals surface area (Å²) in [6.07, 6.45) is 1.23. The number of carbonyl (C=O) groups is 1. The Morgan fingerprint density at radius 3 is 2.47 bits per heavy atom. The van der Waals surface area contributed by atoms with Gasteiger partial charge in [0.05, 0.1) is 11.7 Å². The van der Waals surface area contributed by atoms with E-state index in [1.54, 1.807) is 18.2 Å². The van der Waals surface area contributed by atoms with Gasteiger partial charge in [-0.25, -0.2) is 12.7 Å². The number of hydrogen-bond donors (Lipinski definition) is 1. The van der Waals surface area contributed by atoms with Crippen LogP contribution in [0.2, 0.25) is 10.0 Å². The number of aryl methyl sites for hydroxylation is 1. The average molecular weight is 545 g/mol. The molecule has 6 nitrogen and oxygen atoms in total. The number of para-hydroxylation sites is 1. The van der Waals surface area contributed by atoms with Gasteiger partial charge in [0.25, 0.3) is 0 Å². The highest BCUT2D eigenvalue weighted by molar-refractivity contribution is 7.88. The molecular weight excluding hydrogens is 517 g/mol. The van der Waals surface area contributed by atoms with E-state index in [0.29, 0.717) is 40.7 Å². The molecule has 0 aliphatic carbocycles. The van der Waals surface area contributed by atoms with E-state index in [9.17, 15) is 13.2 Å². The molecule has 1 saturated heterocycles. The number of amides is 1. The summed E-state index contributed by atoms with van der Waals surface area (Å²) in [5, 5.41) is 5.87. The molecule has 0 unspecified atom stereocenters. The number of aromatic nitrogens is 1. The second-order valence-corrected chi connectivity index (χ2v) is 11.9. The molecule has 1 amide bonds. The molecular formula is C27H27Cl2N3O3S. The van der Waals surface area contributed by atoms with Gasteiger partial charge in [-0.2, -0.15) is 0 Å². The quantitative estimate of drug-likeness (QED) is 0.310. The lowest BCUT2D eigenvalue weighted by atomic mass is 9.98. The first-order chi connectivity index (χ1) is 17.3. The van der Waals surface area contributed by atoms with Crippen LogP contribution < -0.4 is 5.32 Å². The van der Waals surface area contributed by atoms with Crippen LogP contribution in [-0.2, 0) is 27.1 Å². The largest absolute Gasteiger partial charge is 0.341 e. The Labute approximate surface area is 220 Å². The van der Waals surface area contributed by atoms with Crippen molar-refractivity contribution in [2.75, 3.05) is 18.4 Å². The Morgan fingerprint density at radius 2 is 1.72 bits per heavy atom. The lowest BCUT2D eigenvalue weighted by Gasteiger charge is -2.31. The Kier molecular flexibility index (Phi) is 7.01.